The Balaban J connectivity index is 3.01. The van der Waals surface area contributed by atoms with Crippen LogP contribution in [0, 0.1) is 11.6 Å². The van der Waals surface area contributed by atoms with Crippen molar-refractivity contribution in [2.45, 2.75) is 6.61 Å². The number of hydrogen-bond acceptors (Lipinski definition) is 1. The summed E-state index contributed by atoms with van der Waals surface area (Å²) in [5.74, 6) is -2.80. The minimum atomic E-state index is -3.07. The maximum absolute atomic E-state index is 12.5. The van der Waals surface area contributed by atoms with Crippen molar-refractivity contribution in [1.29, 1.82) is 0 Å². The highest BCUT2D eigenvalue weighted by atomic mass is 79.9. The van der Waals surface area contributed by atoms with E-state index < -0.39 is 24.0 Å². The second-order valence-corrected chi connectivity index (χ2v) is 2.93. The SMILES string of the molecule is Fc1cc(Br)c(OC(F)F)cc1F. The molecule has 1 rings (SSSR count). The summed E-state index contributed by atoms with van der Waals surface area (Å²) in [6.07, 6.45) is 0. The Kier molecular flexibility index (Phi) is 3.13. The zero-order valence-corrected chi connectivity index (χ0v) is 7.62. The topological polar surface area (TPSA) is 9.23 Å². The normalized spacial score (nSPS) is 10.6. The Labute approximate surface area is 79.4 Å². The van der Waals surface area contributed by atoms with Gasteiger partial charge in [-0.05, 0) is 22.0 Å². The molecule has 0 spiro atoms. The highest BCUT2D eigenvalue weighted by Gasteiger charge is 2.12. The highest BCUT2D eigenvalue weighted by Crippen LogP contribution is 2.28. The van der Waals surface area contributed by atoms with Gasteiger partial charge in [0, 0.05) is 6.07 Å². The van der Waals surface area contributed by atoms with Crippen molar-refractivity contribution in [3.8, 4) is 5.75 Å². The lowest BCUT2D eigenvalue weighted by molar-refractivity contribution is -0.0505. The molecular formula is C7H3BrF4O. The standard InChI is InChI=1S/C7H3BrF4O/c8-3-1-4(9)5(10)2-6(3)13-7(11)12/h1-2,7H. The van der Waals surface area contributed by atoms with Gasteiger partial charge in [-0.1, -0.05) is 0 Å². The average Bonchev–Trinajstić information content (AvgIpc) is 1.99. The minimum Gasteiger partial charge on any atom is -0.434 e. The maximum Gasteiger partial charge on any atom is 0.387 e. The minimum absolute atomic E-state index is 0.0632. The zero-order valence-electron chi connectivity index (χ0n) is 6.03. The molecule has 1 aromatic carbocycles. The first-order valence-electron chi connectivity index (χ1n) is 3.10. The molecule has 1 aromatic rings. The van der Waals surface area contributed by atoms with E-state index in [4.69, 9.17) is 0 Å². The van der Waals surface area contributed by atoms with Crippen LogP contribution in [0.15, 0.2) is 16.6 Å². The van der Waals surface area contributed by atoms with E-state index in [1.165, 1.54) is 0 Å². The first-order valence-corrected chi connectivity index (χ1v) is 3.89. The molecule has 0 bridgehead atoms. The number of benzene rings is 1. The Morgan fingerprint density at radius 3 is 2.23 bits per heavy atom. The van der Waals surface area contributed by atoms with E-state index in [2.05, 4.69) is 20.7 Å². The quantitative estimate of drug-likeness (QED) is 0.584. The van der Waals surface area contributed by atoms with Gasteiger partial charge in [0.1, 0.15) is 5.75 Å². The van der Waals surface area contributed by atoms with Gasteiger partial charge in [0.2, 0.25) is 0 Å². The molecule has 0 aromatic heterocycles. The molecule has 0 aliphatic rings. The predicted molar refractivity (Wildman–Crippen MR) is 40.7 cm³/mol. The fraction of sp³-hybridized carbons (Fsp3) is 0.143. The van der Waals surface area contributed by atoms with E-state index in [9.17, 15) is 17.6 Å². The molecule has 0 fully saturated rings. The molecule has 1 nitrogen and oxygen atoms in total. The van der Waals surface area contributed by atoms with Gasteiger partial charge in [0.15, 0.2) is 11.6 Å². The van der Waals surface area contributed by atoms with E-state index in [-0.39, 0.29) is 4.47 Å². The molecule has 0 saturated carbocycles. The Morgan fingerprint density at radius 2 is 1.69 bits per heavy atom. The Hall–Kier alpha value is -0.780. The third kappa shape index (κ3) is 2.58. The van der Waals surface area contributed by atoms with E-state index in [1.54, 1.807) is 0 Å². The summed E-state index contributed by atoms with van der Waals surface area (Å²) in [5.41, 5.74) is 0. The molecule has 0 amide bonds. The van der Waals surface area contributed by atoms with Gasteiger partial charge in [-0.2, -0.15) is 8.78 Å². The lowest BCUT2D eigenvalue weighted by atomic mass is 10.3. The third-order valence-corrected chi connectivity index (χ3v) is 1.81. The van der Waals surface area contributed by atoms with Crippen LogP contribution >= 0.6 is 15.9 Å². The second-order valence-electron chi connectivity index (χ2n) is 2.08. The fourth-order valence-electron chi connectivity index (χ4n) is 0.691. The van der Waals surface area contributed by atoms with Crippen molar-refractivity contribution in [2.75, 3.05) is 0 Å². The number of halogens is 5. The van der Waals surface area contributed by atoms with Crippen LogP contribution < -0.4 is 4.74 Å². The van der Waals surface area contributed by atoms with E-state index in [1.807, 2.05) is 0 Å². The molecule has 72 valence electrons. The summed E-state index contributed by atoms with van der Waals surface area (Å²) in [5, 5.41) is 0. The van der Waals surface area contributed by atoms with Crippen LogP contribution in [-0.2, 0) is 0 Å². The second kappa shape index (κ2) is 3.95. The van der Waals surface area contributed by atoms with Gasteiger partial charge < -0.3 is 4.74 Å². The number of rotatable bonds is 2. The van der Waals surface area contributed by atoms with Crippen molar-refractivity contribution >= 4 is 15.9 Å². The zero-order chi connectivity index (χ0) is 10.0. The monoisotopic (exact) mass is 258 g/mol. The van der Waals surface area contributed by atoms with Crippen LogP contribution in [0.25, 0.3) is 0 Å². The molecule has 6 heteroatoms. The summed E-state index contributed by atoms with van der Waals surface area (Å²) >= 11 is 2.74. The highest BCUT2D eigenvalue weighted by molar-refractivity contribution is 9.10. The third-order valence-electron chi connectivity index (χ3n) is 1.19. The number of hydrogen-bond donors (Lipinski definition) is 0. The smallest absolute Gasteiger partial charge is 0.387 e. The first kappa shape index (κ1) is 10.3. The Bertz CT molecular complexity index is 316. The van der Waals surface area contributed by atoms with Gasteiger partial charge >= 0.3 is 6.61 Å². The van der Waals surface area contributed by atoms with Crippen molar-refractivity contribution in [3.05, 3.63) is 28.2 Å². The maximum atomic E-state index is 12.5. The van der Waals surface area contributed by atoms with E-state index in [0.717, 1.165) is 0 Å². The first-order chi connectivity index (χ1) is 6.00. The summed E-state index contributed by atoms with van der Waals surface area (Å²) < 4.78 is 52.1. The lowest BCUT2D eigenvalue weighted by Gasteiger charge is -2.06. The lowest BCUT2D eigenvalue weighted by Crippen LogP contribution is -2.03. The van der Waals surface area contributed by atoms with Gasteiger partial charge in [-0.3, -0.25) is 0 Å². The molecule has 0 heterocycles. The van der Waals surface area contributed by atoms with Crippen LogP contribution in [0.5, 0.6) is 5.75 Å². The molecule has 0 N–H and O–H groups in total. The van der Waals surface area contributed by atoms with Crippen molar-refractivity contribution in [3.63, 3.8) is 0 Å². The average molecular weight is 259 g/mol. The summed E-state index contributed by atoms with van der Waals surface area (Å²) in [4.78, 5) is 0. The molecule has 0 radical (unpaired) electrons. The molecule has 0 aliphatic heterocycles. The van der Waals surface area contributed by atoms with Gasteiger partial charge in [-0.15, -0.1) is 0 Å². The summed E-state index contributed by atoms with van der Waals surface area (Å²) in [7, 11) is 0. The molecule has 0 atom stereocenters. The molecule has 13 heavy (non-hydrogen) atoms. The van der Waals surface area contributed by atoms with Crippen molar-refractivity contribution < 1.29 is 22.3 Å². The summed E-state index contributed by atoms with van der Waals surface area (Å²) in [6, 6.07) is 1.26. The molecule has 0 saturated heterocycles. The van der Waals surface area contributed by atoms with Gasteiger partial charge in [0.25, 0.3) is 0 Å². The van der Waals surface area contributed by atoms with Crippen LogP contribution in [0.2, 0.25) is 0 Å². The number of alkyl halides is 2. The predicted octanol–water partition coefficient (Wildman–Crippen LogP) is 3.33. The van der Waals surface area contributed by atoms with E-state index in [0.29, 0.717) is 12.1 Å². The van der Waals surface area contributed by atoms with E-state index >= 15 is 0 Å². The summed E-state index contributed by atoms with van der Waals surface area (Å²) in [6.45, 7) is -3.07. The Morgan fingerprint density at radius 1 is 1.15 bits per heavy atom. The van der Waals surface area contributed by atoms with Crippen molar-refractivity contribution in [2.24, 2.45) is 0 Å². The van der Waals surface area contributed by atoms with Crippen molar-refractivity contribution in [1.82, 2.24) is 0 Å². The molecular weight excluding hydrogens is 256 g/mol. The van der Waals surface area contributed by atoms with Crippen LogP contribution in [-0.4, -0.2) is 6.61 Å². The molecule has 0 unspecified atom stereocenters. The largest absolute Gasteiger partial charge is 0.434 e. The van der Waals surface area contributed by atoms with Gasteiger partial charge in [0.05, 0.1) is 4.47 Å². The van der Waals surface area contributed by atoms with Crippen LogP contribution in [0.1, 0.15) is 0 Å². The van der Waals surface area contributed by atoms with Crippen LogP contribution in [0.4, 0.5) is 17.6 Å². The molecule has 0 aliphatic carbocycles. The van der Waals surface area contributed by atoms with Gasteiger partial charge in [-0.25, -0.2) is 8.78 Å². The fourth-order valence-corrected chi connectivity index (χ4v) is 1.10. The van der Waals surface area contributed by atoms with Crippen LogP contribution in [0.3, 0.4) is 0 Å². The number of ether oxygens (including phenoxy) is 1.